The van der Waals surface area contributed by atoms with Crippen molar-refractivity contribution in [1.29, 1.82) is 0 Å². The third kappa shape index (κ3) is 4.55. The second kappa shape index (κ2) is 8.09. The number of hydrogen-bond acceptors (Lipinski definition) is 4. The molecule has 25 heavy (non-hydrogen) atoms. The molecule has 3 rings (SSSR count). The molecule has 0 bridgehead atoms. The molecule has 1 N–H and O–H groups in total. The van der Waals surface area contributed by atoms with E-state index >= 15 is 0 Å². The molecule has 0 atom stereocenters. The standard InChI is InChI=1S/C18H19ClN4O2/c19-15-5-1-2-6-16(15)23-11-10-22(13-18(23)25)9-7-17(24)21-14-4-3-8-20-12-14/h1-6,8,12H,7,9-11,13H2,(H,21,24). The third-order valence-electron chi connectivity index (χ3n) is 4.04. The first-order chi connectivity index (χ1) is 12.1. The van der Waals surface area contributed by atoms with E-state index in [1.165, 1.54) is 0 Å². The van der Waals surface area contributed by atoms with Gasteiger partial charge in [-0.3, -0.25) is 19.5 Å². The quantitative estimate of drug-likeness (QED) is 0.891. The Morgan fingerprint density at radius 3 is 2.76 bits per heavy atom. The molecule has 0 spiro atoms. The van der Waals surface area contributed by atoms with Gasteiger partial charge in [-0.2, -0.15) is 0 Å². The van der Waals surface area contributed by atoms with Crippen molar-refractivity contribution >= 4 is 34.8 Å². The molecule has 1 saturated heterocycles. The van der Waals surface area contributed by atoms with E-state index < -0.39 is 0 Å². The summed E-state index contributed by atoms with van der Waals surface area (Å²) >= 11 is 6.17. The SMILES string of the molecule is O=C(CCN1CCN(c2ccccc2Cl)C(=O)C1)Nc1cccnc1. The van der Waals surface area contributed by atoms with E-state index in [0.29, 0.717) is 36.8 Å². The van der Waals surface area contributed by atoms with Gasteiger partial charge in [-0.15, -0.1) is 0 Å². The van der Waals surface area contributed by atoms with Crippen molar-refractivity contribution in [2.75, 3.05) is 36.4 Å². The van der Waals surface area contributed by atoms with Gasteiger partial charge in [-0.1, -0.05) is 23.7 Å². The number of benzene rings is 1. The zero-order valence-electron chi connectivity index (χ0n) is 13.7. The number of aromatic nitrogens is 1. The van der Waals surface area contributed by atoms with Crippen LogP contribution < -0.4 is 10.2 Å². The Kier molecular flexibility index (Phi) is 5.63. The minimum Gasteiger partial charge on any atom is -0.325 e. The molecule has 1 fully saturated rings. The molecule has 1 aliphatic rings. The van der Waals surface area contributed by atoms with Crippen LogP contribution in [0.4, 0.5) is 11.4 Å². The molecule has 0 radical (unpaired) electrons. The number of carbonyl (C=O) groups is 2. The molecule has 130 valence electrons. The molecule has 6 nitrogen and oxygen atoms in total. The van der Waals surface area contributed by atoms with Gasteiger partial charge in [0, 0.05) is 32.3 Å². The second-order valence-corrected chi connectivity index (χ2v) is 6.22. The van der Waals surface area contributed by atoms with Gasteiger partial charge >= 0.3 is 0 Å². The summed E-state index contributed by atoms with van der Waals surface area (Å²) < 4.78 is 0. The highest BCUT2D eigenvalue weighted by molar-refractivity contribution is 6.33. The predicted octanol–water partition coefficient (Wildman–Crippen LogP) is 2.41. The first-order valence-electron chi connectivity index (χ1n) is 8.10. The Morgan fingerprint density at radius 1 is 1.20 bits per heavy atom. The lowest BCUT2D eigenvalue weighted by atomic mass is 10.2. The van der Waals surface area contributed by atoms with E-state index in [1.807, 2.05) is 23.1 Å². The Morgan fingerprint density at radius 2 is 2.04 bits per heavy atom. The van der Waals surface area contributed by atoms with Gasteiger partial charge in [0.05, 0.1) is 29.1 Å². The maximum atomic E-state index is 12.4. The second-order valence-electron chi connectivity index (χ2n) is 5.81. The Labute approximate surface area is 151 Å². The Balaban J connectivity index is 1.49. The van der Waals surface area contributed by atoms with Crippen LogP contribution in [0.5, 0.6) is 0 Å². The summed E-state index contributed by atoms with van der Waals surface area (Å²) in [4.78, 5) is 32.0. The summed E-state index contributed by atoms with van der Waals surface area (Å²) in [5, 5.41) is 3.36. The first-order valence-corrected chi connectivity index (χ1v) is 8.48. The normalized spacial score (nSPS) is 15.2. The van der Waals surface area contributed by atoms with Crippen molar-refractivity contribution in [2.45, 2.75) is 6.42 Å². The monoisotopic (exact) mass is 358 g/mol. The zero-order valence-corrected chi connectivity index (χ0v) is 14.4. The maximum Gasteiger partial charge on any atom is 0.241 e. The predicted molar refractivity (Wildman–Crippen MR) is 97.7 cm³/mol. The number of amides is 2. The van der Waals surface area contributed by atoms with Crippen molar-refractivity contribution in [3.63, 3.8) is 0 Å². The topological polar surface area (TPSA) is 65.5 Å². The molecular weight excluding hydrogens is 340 g/mol. The lowest BCUT2D eigenvalue weighted by molar-refractivity contribution is -0.122. The number of halogens is 1. The van der Waals surface area contributed by atoms with Crippen LogP contribution in [0.15, 0.2) is 48.8 Å². The molecule has 1 aliphatic heterocycles. The van der Waals surface area contributed by atoms with Gasteiger partial charge < -0.3 is 10.2 Å². The summed E-state index contributed by atoms with van der Waals surface area (Å²) in [7, 11) is 0. The van der Waals surface area contributed by atoms with Gasteiger partial charge in [-0.05, 0) is 24.3 Å². The van der Waals surface area contributed by atoms with Crippen LogP contribution in [0.25, 0.3) is 0 Å². The van der Waals surface area contributed by atoms with Crippen LogP contribution in [-0.2, 0) is 9.59 Å². The number of nitrogens with one attached hydrogen (secondary N) is 1. The van der Waals surface area contributed by atoms with Gasteiger partial charge in [-0.25, -0.2) is 0 Å². The number of pyridine rings is 1. The fourth-order valence-electron chi connectivity index (χ4n) is 2.76. The van der Waals surface area contributed by atoms with Crippen LogP contribution in [-0.4, -0.2) is 47.9 Å². The zero-order chi connectivity index (χ0) is 17.6. The van der Waals surface area contributed by atoms with Crippen LogP contribution in [0.1, 0.15) is 6.42 Å². The molecule has 0 aliphatic carbocycles. The van der Waals surface area contributed by atoms with Crippen molar-refractivity contribution in [2.24, 2.45) is 0 Å². The van der Waals surface area contributed by atoms with Crippen molar-refractivity contribution in [3.8, 4) is 0 Å². The summed E-state index contributed by atoms with van der Waals surface area (Å²) in [6, 6.07) is 10.9. The van der Waals surface area contributed by atoms with Gasteiger partial charge in [0.15, 0.2) is 0 Å². The molecule has 1 aromatic heterocycles. The first kappa shape index (κ1) is 17.4. The van der Waals surface area contributed by atoms with E-state index in [4.69, 9.17) is 11.6 Å². The average molecular weight is 359 g/mol. The van der Waals surface area contributed by atoms with Crippen LogP contribution in [0, 0.1) is 0 Å². The smallest absolute Gasteiger partial charge is 0.241 e. The van der Waals surface area contributed by atoms with Gasteiger partial charge in [0.25, 0.3) is 0 Å². The van der Waals surface area contributed by atoms with Crippen LogP contribution >= 0.6 is 11.6 Å². The van der Waals surface area contributed by atoms with E-state index in [0.717, 1.165) is 5.69 Å². The summed E-state index contributed by atoms with van der Waals surface area (Å²) in [6.45, 7) is 2.09. The Bertz CT molecular complexity index is 754. The number of para-hydroxylation sites is 1. The number of rotatable bonds is 5. The van der Waals surface area contributed by atoms with E-state index in [-0.39, 0.29) is 18.4 Å². The summed E-state index contributed by atoms with van der Waals surface area (Å²) in [6.07, 6.45) is 3.58. The van der Waals surface area contributed by atoms with E-state index in [9.17, 15) is 9.59 Å². The minimum atomic E-state index is -0.0889. The number of anilines is 2. The molecule has 2 heterocycles. The highest BCUT2D eigenvalue weighted by Gasteiger charge is 2.26. The van der Waals surface area contributed by atoms with Crippen LogP contribution in [0.3, 0.4) is 0 Å². The molecule has 1 aromatic carbocycles. The average Bonchev–Trinajstić information content (AvgIpc) is 2.62. The highest BCUT2D eigenvalue weighted by Crippen LogP contribution is 2.26. The van der Waals surface area contributed by atoms with E-state index in [2.05, 4.69) is 10.3 Å². The number of nitrogens with zero attached hydrogens (tertiary/aromatic N) is 3. The molecule has 2 amide bonds. The number of carbonyl (C=O) groups excluding carboxylic acids is 2. The Hall–Kier alpha value is -2.44. The largest absolute Gasteiger partial charge is 0.325 e. The highest BCUT2D eigenvalue weighted by atomic mass is 35.5. The third-order valence-corrected chi connectivity index (χ3v) is 4.36. The van der Waals surface area contributed by atoms with Crippen molar-refractivity contribution in [1.82, 2.24) is 9.88 Å². The van der Waals surface area contributed by atoms with Crippen molar-refractivity contribution in [3.05, 3.63) is 53.8 Å². The van der Waals surface area contributed by atoms with Gasteiger partial charge in [0.2, 0.25) is 11.8 Å². The lowest BCUT2D eigenvalue weighted by Crippen LogP contribution is -2.51. The number of hydrogen-bond donors (Lipinski definition) is 1. The molecule has 7 heteroatoms. The molecule has 0 saturated carbocycles. The summed E-state index contributed by atoms with van der Waals surface area (Å²) in [5.41, 5.74) is 1.41. The van der Waals surface area contributed by atoms with Gasteiger partial charge in [0.1, 0.15) is 0 Å². The number of piperazine rings is 1. The summed E-state index contributed by atoms with van der Waals surface area (Å²) in [5.74, 6) is -0.0963. The fourth-order valence-corrected chi connectivity index (χ4v) is 3.00. The minimum absolute atomic E-state index is 0.00739. The molecule has 2 aromatic rings. The lowest BCUT2D eigenvalue weighted by Gasteiger charge is -2.34. The maximum absolute atomic E-state index is 12.4. The fraction of sp³-hybridized carbons (Fsp3) is 0.278. The molecular formula is C18H19ClN4O2. The van der Waals surface area contributed by atoms with E-state index in [1.54, 1.807) is 35.5 Å². The molecule has 0 unspecified atom stereocenters. The van der Waals surface area contributed by atoms with Crippen LogP contribution in [0.2, 0.25) is 5.02 Å². The van der Waals surface area contributed by atoms with Crippen molar-refractivity contribution < 1.29 is 9.59 Å².